The monoisotopic (exact) mass is 331 g/mol. The van der Waals surface area contributed by atoms with Crippen LogP contribution in [0, 0.1) is 0 Å². The molecule has 4 rings (SSSR count). The normalized spacial score (nSPS) is 10.7. The molecule has 0 unspecified atom stereocenters. The number of carbonyl (C=O) groups excluding carboxylic acids is 1. The Morgan fingerprint density at radius 3 is 2.75 bits per heavy atom. The number of nitrogens with one attached hydrogen (secondary N) is 1. The van der Waals surface area contributed by atoms with Crippen molar-refractivity contribution in [2.45, 2.75) is 0 Å². The van der Waals surface area contributed by atoms with Crippen LogP contribution < -0.4 is 5.32 Å². The molecule has 0 saturated heterocycles. The van der Waals surface area contributed by atoms with E-state index in [1.165, 1.54) is 0 Å². The summed E-state index contributed by atoms with van der Waals surface area (Å²) in [4.78, 5) is 20.9. The Morgan fingerprint density at radius 2 is 1.92 bits per heavy atom. The summed E-state index contributed by atoms with van der Waals surface area (Å²) in [6, 6.07) is 19.3. The topological polar surface area (TPSA) is 54.9 Å². The number of rotatable bonds is 3. The van der Waals surface area contributed by atoms with Crippen molar-refractivity contribution in [1.82, 2.24) is 9.97 Å². The van der Waals surface area contributed by atoms with Crippen LogP contribution in [-0.4, -0.2) is 15.9 Å². The fraction of sp³-hybridized carbons (Fsp3) is 0. The van der Waals surface area contributed by atoms with E-state index in [2.05, 4.69) is 21.4 Å². The summed E-state index contributed by atoms with van der Waals surface area (Å²) in [5.74, 6) is -0.176. The molecule has 2 heterocycles. The predicted octanol–water partition coefficient (Wildman–Crippen LogP) is 4.61. The summed E-state index contributed by atoms with van der Waals surface area (Å²) in [5, 5.41) is 3.84. The zero-order valence-corrected chi connectivity index (χ0v) is 13.5. The molecular weight excluding hydrogens is 318 g/mol. The van der Waals surface area contributed by atoms with Gasteiger partial charge in [-0.3, -0.25) is 9.78 Å². The van der Waals surface area contributed by atoms with Gasteiger partial charge in [-0.05, 0) is 36.4 Å². The summed E-state index contributed by atoms with van der Waals surface area (Å²) in [6.07, 6.45) is 3.19. The fourth-order valence-corrected chi connectivity index (χ4v) is 3.39. The highest BCUT2D eigenvalue weighted by Gasteiger charge is 2.09. The van der Waals surface area contributed by atoms with Gasteiger partial charge in [0.25, 0.3) is 5.91 Å². The zero-order valence-electron chi connectivity index (χ0n) is 12.6. The van der Waals surface area contributed by atoms with E-state index in [9.17, 15) is 4.79 Å². The van der Waals surface area contributed by atoms with Gasteiger partial charge in [0.1, 0.15) is 5.01 Å². The number of nitrogens with zero attached hydrogens (tertiary/aromatic N) is 2. The minimum Gasteiger partial charge on any atom is -0.322 e. The van der Waals surface area contributed by atoms with Gasteiger partial charge >= 0.3 is 0 Å². The van der Waals surface area contributed by atoms with Crippen molar-refractivity contribution in [3.05, 3.63) is 78.6 Å². The quantitative estimate of drug-likeness (QED) is 0.596. The molecule has 5 heteroatoms. The predicted molar refractivity (Wildman–Crippen MR) is 97.2 cm³/mol. The molecule has 4 aromatic rings. The molecule has 1 amide bonds. The summed E-state index contributed by atoms with van der Waals surface area (Å²) in [5.41, 5.74) is 3.24. The summed E-state index contributed by atoms with van der Waals surface area (Å²) >= 11 is 1.64. The van der Waals surface area contributed by atoms with E-state index in [1.807, 2.05) is 42.5 Å². The SMILES string of the molecule is O=C(Nc1cccc(-c2nc3ccccc3s2)c1)c1cccnc1. The number of benzene rings is 2. The third kappa shape index (κ3) is 2.89. The summed E-state index contributed by atoms with van der Waals surface area (Å²) in [6.45, 7) is 0. The van der Waals surface area contributed by atoms with Gasteiger partial charge in [0.15, 0.2) is 0 Å². The second-order valence-electron chi connectivity index (χ2n) is 5.26. The first-order chi connectivity index (χ1) is 11.8. The number of thiazole rings is 1. The van der Waals surface area contributed by atoms with Gasteiger partial charge in [0.05, 0.1) is 15.8 Å². The first-order valence-electron chi connectivity index (χ1n) is 7.47. The molecular formula is C19H13N3OS. The van der Waals surface area contributed by atoms with E-state index >= 15 is 0 Å². The fourth-order valence-electron chi connectivity index (χ4n) is 2.43. The van der Waals surface area contributed by atoms with Crippen LogP contribution in [0.25, 0.3) is 20.8 Å². The Bertz CT molecular complexity index is 978. The van der Waals surface area contributed by atoms with Crippen LogP contribution in [0.5, 0.6) is 0 Å². The van der Waals surface area contributed by atoms with E-state index in [0.717, 1.165) is 26.5 Å². The Labute approximate surface area is 142 Å². The van der Waals surface area contributed by atoms with Crippen molar-refractivity contribution in [2.75, 3.05) is 5.32 Å². The Balaban J connectivity index is 1.63. The second kappa shape index (κ2) is 6.22. The lowest BCUT2D eigenvalue weighted by atomic mass is 10.2. The van der Waals surface area contributed by atoms with Crippen LogP contribution in [0.3, 0.4) is 0 Å². The van der Waals surface area contributed by atoms with Gasteiger partial charge in [-0.15, -0.1) is 11.3 Å². The highest BCUT2D eigenvalue weighted by Crippen LogP contribution is 2.31. The van der Waals surface area contributed by atoms with Gasteiger partial charge in [-0.25, -0.2) is 4.98 Å². The zero-order chi connectivity index (χ0) is 16.4. The summed E-state index contributed by atoms with van der Waals surface area (Å²) in [7, 11) is 0. The van der Waals surface area contributed by atoms with Crippen molar-refractivity contribution in [3.8, 4) is 10.6 Å². The van der Waals surface area contributed by atoms with Crippen molar-refractivity contribution < 1.29 is 4.79 Å². The number of aromatic nitrogens is 2. The van der Waals surface area contributed by atoms with E-state index in [0.29, 0.717) is 5.56 Å². The van der Waals surface area contributed by atoms with E-state index in [1.54, 1.807) is 35.9 Å². The highest BCUT2D eigenvalue weighted by molar-refractivity contribution is 7.21. The maximum Gasteiger partial charge on any atom is 0.257 e. The average Bonchev–Trinajstić information content (AvgIpc) is 3.07. The molecule has 0 aliphatic heterocycles. The molecule has 0 radical (unpaired) electrons. The average molecular weight is 331 g/mol. The molecule has 0 saturated carbocycles. The molecule has 24 heavy (non-hydrogen) atoms. The van der Waals surface area contributed by atoms with E-state index in [-0.39, 0.29) is 5.91 Å². The van der Waals surface area contributed by atoms with Gasteiger partial charge in [0.2, 0.25) is 0 Å². The third-order valence-electron chi connectivity index (χ3n) is 3.59. The number of carbonyl (C=O) groups is 1. The first-order valence-corrected chi connectivity index (χ1v) is 8.29. The molecule has 0 spiro atoms. The minimum absolute atomic E-state index is 0.176. The van der Waals surface area contributed by atoms with Crippen LogP contribution in [0.2, 0.25) is 0 Å². The smallest absolute Gasteiger partial charge is 0.257 e. The van der Waals surface area contributed by atoms with Crippen LogP contribution in [-0.2, 0) is 0 Å². The molecule has 0 aliphatic carbocycles. The highest BCUT2D eigenvalue weighted by atomic mass is 32.1. The van der Waals surface area contributed by atoms with Gasteiger partial charge < -0.3 is 5.32 Å². The molecule has 0 atom stereocenters. The molecule has 0 bridgehead atoms. The molecule has 2 aromatic carbocycles. The number of amides is 1. The third-order valence-corrected chi connectivity index (χ3v) is 4.67. The Morgan fingerprint density at radius 1 is 1.00 bits per heavy atom. The van der Waals surface area contributed by atoms with Crippen LogP contribution in [0.4, 0.5) is 5.69 Å². The minimum atomic E-state index is -0.176. The van der Waals surface area contributed by atoms with Gasteiger partial charge in [-0.2, -0.15) is 0 Å². The molecule has 0 aliphatic rings. The standard InChI is InChI=1S/C19H13N3OS/c23-18(14-6-4-10-20-12-14)21-15-7-3-5-13(11-15)19-22-16-8-1-2-9-17(16)24-19/h1-12H,(H,21,23). The number of hydrogen-bond acceptors (Lipinski definition) is 4. The van der Waals surface area contributed by atoms with E-state index < -0.39 is 0 Å². The van der Waals surface area contributed by atoms with Crippen molar-refractivity contribution in [2.24, 2.45) is 0 Å². The molecule has 116 valence electrons. The lowest BCUT2D eigenvalue weighted by molar-refractivity contribution is 0.102. The summed E-state index contributed by atoms with van der Waals surface area (Å²) < 4.78 is 1.15. The lowest BCUT2D eigenvalue weighted by Crippen LogP contribution is -2.11. The Hall–Kier alpha value is -3.05. The van der Waals surface area contributed by atoms with Crippen LogP contribution in [0.1, 0.15) is 10.4 Å². The number of anilines is 1. The van der Waals surface area contributed by atoms with Gasteiger partial charge in [-0.1, -0.05) is 24.3 Å². The van der Waals surface area contributed by atoms with Crippen molar-refractivity contribution in [3.63, 3.8) is 0 Å². The molecule has 0 fully saturated rings. The van der Waals surface area contributed by atoms with Crippen LogP contribution in [0.15, 0.2) is 73.1 Å². The van der Waals surface area contributed by atoms with Crippen molar-refractivity contribution in [1.29, 1.82) is 0 Å². The number of hydrogen-bond donors (Lipinski definition) is 1. The molecule has 4 nitrogen and oxygen atoms in total. The first kappa shape index (κ1) is 14.5. The lowest BCUT2D eigenvalue weighted by Gasteiger charge is -2.06. The maximum atomic E-state index is 12.2. The number of fused-ring (bicyclic) bond motifs is 1. The van der Waals surface area contributed by atoms with Gasteiger partial charge in [0, 0.05) is 23.6 Å². The number of pyridine rings is 1. The largest absolute Gasteiger partial charge is 0.322 e. The number of para-hydroxylation sites is 1. The maximum absolute atomic E-state index is 12.2. The van der Waals surface area contributed by atoms with Crippen molar-refractivity contribution >= 4 is 33.1 Å². The van der Waals surface area contributed by atoms with Crippen LogP contribution >= 0.6 is 11.3 Å². The second-order valence-corrected chi connectivity index (χ2v) is 6.29. The molecule has 1 N–H and O–H groups in total. The van der Waals surface area contributed by atoms with E-state index in [4.69, 9.17) is 0 Å². The molecule has 2 aromatic heterocycles. The Kier molecular flexibility index (Phi) is 3.76.